The molecule has 3 aromatic rings. The minimum Gasteiger partial charge on any atom is -0.381 e. The maximum atomic E-state index is 3.89. The fraction of sp³-hybridized carbons (Fsp3) is 0.548. The number of aromatic nitrogens is 1. The minimum atomic E-state index is 0.325. The largest absolute Gasteiger partial charge is 0.381 e. The van der Waals surface area contributed by atoms with Crippen LogP contribution in [0.1, 0.15) is 68.8 Å². The molecule has 0 amide bonds. The lowest BCUT2D eigenvalue weighted by molar-refractivity contribution is 0.0712. The summed E-state index contributed by atoms with van der Waals surface area (Å²) in [6, 6.07) is 20.6. The zero-order valence-corrected chi connectivity index (χ0v) is 21.3. The summed E-state index contributed by atoms with van der Waals surface area (Å²) in [6.45, 7) is 8.38. The van der Waals surface area contributed by atoms with Crippen LogP contribution in [0.4, 0.5) is 5.69 Å². The molecule has 3 heterocycles. The number of hydrogen-bond acceptors (Lipinski definition) is 3. The monoisotopic (exact) mass is 468 g/mol. The van der Waals surface area contributed by atoms with Crippen molar-refractivity contribution in [2.75, 3.05) is 25.0 Å². The fourth-order valence-corrected chi connectivity index (χ4v) is 8.00. The van der Waals surface area contributed by atoms with Crippen molar-refractivity contribution in [3.8, 4) is 0 Å². The summed E-state index contributed by atoms with van der Waals surface area (Å²) < 4.78 is 0. The molecular weight excluding hydrogens is 428 g/mol. The molecule has 184 valence electrons. The van der Waals surface area contributed by atoms with E-state index in [4.69, 9.17) is 0 Å². The number of aromatic amines is 1. The summed E-state index contributed by atoms with van der Waals surface area (Å²) in [5.41, 5.74) is 7.00. The van der Waals surface area contributed by atoms with Gasteiger partial charge in [-0.05, 0) is 93.2 Å². The van der Waals surface area contributed by atoms with Gasteiger partial charge in [0.25, 0.3) is 0 Å². The van der Waals surface area contributed by atoms with Gasteiger partial charge in [-0.2, -0.15) is 0 Å². The SMILES string of the molecule is CCCN1CC[C@H](Nc2ccc([C@@H]3c4[nH]c5ccccc5c4C[C@@H](C)N3C3CC4CC3C4)cc2)C1. The molecule has 4 heteroatoms. The highest BCUT2D eigenvalue weighted by molar-refractivity contribution is 5.85. The summed E-state index contributed by atoms with van der Waals surface area (Å²) in [4.78, 5) is 9.40. The van der Waals surface area contributed by atoms with Crippen molar-refractivity contribution in [3.05, 3.63) is 65.4 Å². The van der Waals surface area contributed by atoms with E-state index in [9.17, 15) is 0 Å². The number of likely N-dealkylation sites (tertiary alicyclic amines) is 1. The van der Waals surface area contributed by atoms with Crippen LogP contribution in [0.2, 0.25) is 0 Å². The number of nitrogens with one attached hydrogen (secondary N) is 2. The van der Waals surface area contributed by atoms with Crippen LogP contribution in [0.3, 0.4) is 0 Å². The molecule has 2 bridgehead atoms. The van der Waals surface area contributed by atoms with E-state index < -0.39 is 0 Å². The molecule has 4 atom stereocenters. The van der Waals surface area contributed by atoms with Gasteiger partial charge in [0.2, 0.25) is 0 Å². The summed E-state index contributed by atoms with van der Waals surface area (Å²) in [5.74, 6) is 1.89. The van der Waals surface area contributed by atoms with E-state index in [1.807, 2.05) is 0 Å². The van der Waals surface area contributed by atoms with Gasteiger partial charge in [0.05, 0.1) is 6.04 Å². The second kappa shape index (κ2) is 8.67. The maximum Gasteiger partial charge on any atom is 0.0762 e. The molecule has 2 N–H and O–H groups in total. The Morgan fingerprint density at radius 3 is 2.63 bits per heavy atom. The van der Waals surface area contributed by atoms with E-state index in [1.54, 1.807) is 5.56 Å². The Hall–Kier alpha value is -2.30. The molecule has 2 aromatic carbocycles. The highest BCUT2D eigenvalue weighted by Crippen LogP contribution is 2.54. The predicted molar refractivity (Wildman–Crippen MR) is 145 cm³/mol. The van der Waals surface area contributed by atoms with E-state index in [0.717, 1.165) is 24.3 Å². The van der Waals surface area contributed by atoms with Gasteiger partial charge in [-0.25, -0.2) is 0 Å². The lowest BCUT2D eigenvalue weighted by atomic mass is 9.82. The first-order chi connectivity index (χ1) is 17.2. The normalized spacial score (nSPS) is 32.6. The quantitative estimate of drug-likeness (QED) is 0.452. The number of nitrogens with zero attached hydrogens (tertiary/aromatic N) is 2. The summed E-state index contributed by atoms with van der Waals surface area (Å²) in [7, 11) is 0. The second-order valence-electron chi connectivity index (χ2n) is 11.9. The third-order valence-electron chi connectivity index (χ3n) is 9.61. The molecule has 1 unspecified atom stereocenters. The number of fused-ring (bicyclic) bond motifs is 4. The van der Waals surface area contributed by atoms with Crippen molar-refractivity contribution in [2.45, 2.75) is 76.5 Å². The molecular formula is C31H40N4. The smallest absolute Gasteiger partial charge is 0.0762 e. The van der Waals surface area contributed by atoms with Gasteiger partial charge in [0.1, 0.15) is 0 Å². The minimum absolute atomic E-state index is 0.325. The standard InChI is InChI=1S/C31H40N4/c1-3-13-34-14-12-25(19-34)32-24-10-8-22(9-11-24)31-30-27(26-6-4-5-7-28(26)33-30)15-20(2)35(31)29-18-21-16-23(29)17-21/h4-11,20-21,23,25,29,31-33H,3,12-19H2,1-2H3/t20-,21?,23?,25+,29?,31-/m1/s1. The van der Waals surface area contributed by atoms with Crippen molar-refractivity contribution < 1.29 is 0 Å². The topological polar surface area (TPSA) is 34.3 Å². The molecule has 8 rings (SSSR count). The van der Waals surface area contributed by atoms with Gasteiger partial charge in [-0.15, -0.1) is 0 Å². The van der Waals surface area contributed by atoms with Crippen molar-refractivity contribution >= 4 is 16.6 Å². The van der Waals surface area contributed by atoms with Gasteiger partial charge in [0, 0.05) is 53.5 Å². The van der Waals surface area contributed by atoms with Crippen LogP contribution in [0, 0.1) is 11.8 Å². The van der Waals surface area contributed by atoms with E-state index >= 15 is 0 Å². The van der Waals surface area contributed by atoms with E-state index in [2.05, 4.69) is 82.5 Å². The van der Waals surface area contributed by atoms with Gasteiger partial charge < -0.3 is 15.2 Å². The summed E-state index contributed by atoms with van der Waals surface area (Å²) in [5, 5.41) is 5.25. The van der Waals surface area contributed by atoms with E-state index in [-0.39, 0.29) is 0 Å². The maximum absolute atomic E-state index is 3.89. The number of para-hydroxylation sites is 1. The fourth-order valence-electron chi connectivity index (χ4n) is 8.00. The molecule has 1 aromatic heterocycles. The number of anilines is 1. The molecule has 5 aliphatic rings. The molecule has 1 saturated heterocycles. The first-order valence-corrected chi connectivity index (χ1v) is 14.1. The van der Waals surface area contributed by atoms with Gasteiger partial charge in [0.15, 0.2) is 0 Å². The van der Waals surface area contributed by atoms with E-state index in [1.165, 1.54) is 79.6 Å². The van der Waals surface area contributed by atoms with E-state index in [0.29, 0.717) is 18.1 Å². The van der Waals surface area contributed by atoms with Crippen LogP contribution >= 0.6 is 0 Å². The first kappa shape index (κ1) is 21.9. The number of benzene rings is 2. The lowest BCUT2D eigenvalue weighted by Gasteiger charge is -2.46. The molecule has 0 spiro atoms. The second-order valence-corrected chi connectivity index (χ2v) is 11.9. The molecule has 35 heavy (non-hydrogen) atoms. The van der Waals surface area contributed by atoms with Crippen LogP contribution in [0.15, 0.2) is 48.5 Å². The summed E-state index contributed by atoms with van der Waals surface area (Å²) in [6.07, 6.45) is 7.96. The van der Waals surface area contributed by atoms with Crippen molar-refractivity contribution in [3.63, 3.8) is 0 Å². The van der Waals surface area contributed by atoms with Gasteiger partial charge >= 0.3 is 0 Å². The Balaban J connectivity index is 1.21. The average molecular weight is 469 g/mol. The van der Waals surface area contributed by atoms with Crippen LogP contribution in [-0.2, 0) is 6.42 Å². The Kier molecular flexibility index (Phi) is 5.44. The van der Waals surface area contributed by atoms with Crippen molar-refractivity contribution in [2.24, 2.45) is 11.8 Å². The van der Waals surface area contributed by atoms with Crippen LogP contribution in [0.5, 0.6) is 0 Å². The van der Waals surface area contributed by atoms with Crippen molar-refractivity contribution in [1.29, 1.82) is 0 Å². The third-order valence-corrected chi connectivity index (χ3v) is 9.61. The zero-order chi connectivity index (χ0) is 23.5. The van der Waals surface area contributed by atoms with Crippen LogP contribution < -0.4 is 5.32 Å². The lowest BCUT2D eigenvalue weighted by Crippen LogP contribution is -2.49. The summed E-state index contributed by atoms with van der Waals surface area (Å²) >= 11 is 0. The Morgan fingerprint density at radius 1 is 1.03 bits per heavy atom. The first-order valence-electron chi connectivity index (χ1n) is 14.1. The molecule has 0 radical (unpaired) electrons. The zero-order valence-electron chi connectivity index (χ0n) is 21.3. The van der Waals surface area contributed by atoms with Crippen LogP contribution in [-0.4, -0.2) is 52.5 Å². The number of rotatable bonds is 6. The highest BCUT2D eigenvalue weighted by Gasteiger charge is 2.51. The van der Waals surface area contributed by atoms with Gasteiger partial charge in [-0.1, -0.05) is 37.3 Å². The Bertz CT molecular complexity index is 1190. The molecule has 3 saturated carbocycles. The Labute approximate surface area is 210 Å². The number of H-pyrrole nitrogens is 1. The third kappa shape index (κ3) is 3.72. The molecule has 4 fully saturated rings. The number of hydrogen-bond donors (Lipinski definition) is 2. The molecule has 3 aliphatic carbocycles. The highest BCUT2D eigenvalue weighted by atomic mass is 15.2. The predicted octanol–water partition coefficient (Wildman–Crippen LogP) is 6.20. The van der Waals surface area contributed by atoms with Crippen LogP contribution in [0.25, 0.3) is 10.9 Å². The van der Waals surface area contributed by atoms with Crippen molar-refractivity contribution in [1.82, 2.24) is 14.8 Å². The molecule has 2 aliphatic heterocycles. The van der Waals surface area contributed by atoms with Gasteiger partial charge in [-0.3, -0.25) is 4.90 Å². The Morgan fingerprint density at radius 2 is 1.86 bits per heavy atom. The average Bonchev–Trinajstić information content (AvgIpc) is 3.62. The molecule has 4 nitrogen and oxygen atoms in total.